The number of benzene rings is 2. The van der Waals surface area contributed by atoms with Gasteiger partial charge in [0.05, 0.1) is 10.8 Å². The second-order valence-electron chi connectivity index (χ2n) is 4.37. The minimum Gasteiger partial charge on any atom is -0.272 e. The molecule has 0 aromatic heterocycles. The number of nitrogens with one attached hydrogen (secondary N) is 2. The fourth-order valence-electron chi connectivity index (χ4n) is 1.55. The topological polar surface area (TPSA) is 58.2 Å². The highest BCUT2D eigenvalue weighted by Crippen LogP contribution is 2.23. The molecule has 0 fully saturated rings. The van der Waals surface area contributed by atoms with Gasteiger partial charge in [0.2, 0.25) is 5.91 Å². The van der Waals surface area contributed by atoms with Crippen LogP contribution >= 0.6 is 35.0 Å². The van der Waals surface area contributed by atoms with Gasteiger partial charge >= 0.3 is 0 Å². The van der Waals surface area contributed by atoms with Gasteiger partial charge in [0.25, 0.3) is 5.91 Å². The van der Waals surface area contributed by atoms with E-state index >= 15 is 0 Å². The highest BCUT2D eigenvalue weighted by molar-refractivity contribution is 8.00. The Morgan fingerprint density at radius 2 is 1.74 bits per heavy atom. The molecule has 2 aromatic carbocycles. The number of amides is 2. The smallest absolute Gasteiger partial charge is 0.269 e. The van der Waals surface area contributed by atoms with Gasteiger partial charge in [-0.1, -0.05) is 23.2 Å². The van der Waals surface area contributed by atoms with Gasteiger partial charge in [-0.2, -0.15) is 0 Å². The molecule has 2 amide bonds. The molecule has 0 aliphatic rings. The summed E-state index contributed by atoms with van der Waals surface area (Å²) in [6.07, 6.45) is 0. The maximum Gasteiger partial charge on any atom is 0.269 e. The fraction of sp³-hybridized carbons (Fsp3) is 0.0667. The van der Waals surface area contributed by atoms with Crippen molar-refractivity contribution in [1.29, 1.82) is 0 Å². The Hall–Kier alpha value is -1.76. The fourth-order valence-corrected chi connectivity index (χ4v) is 2.66. The van der Waals surface area contributed by atoms with Crippen LogP contribution in [-0.2, 0) is 4.79 Å². The molecule has 0 unspecified atom stereocenters. The summed E-state index contributed by atoms with van der Waals surface area (Å²) in [7, 11) is 0. The summed E-state index contributed by atoms with van der Waals surface area (Å²) >= 11 is 12.6. The lowest BCUT2D eigenvalue weighted by molar-refractivity contribution is -0.119. The van der Waals surface area contributed by atoms with Gasteiger partial charge in [0.15, 0.2) is 0 Å². The van der Waals surface area contributed by atoms with E-state index in [1.807, 2.05) is 0 Å². The van der Waals surface area contributed by atoms with Crippen molar-refractivity contribution >= 4 is 46.8 Å². The molecule has 0 heterocycles. The van der Waals surface area contributed by atoms with Crippen molar-refractivity contribution in [3.05, 3.63) is 63.9 Å². The summed E-state index contributed by atoms with van der Waals surface area (Å²) in [5.74, 6) is -1.33. The number of carbonyl (C=O) groups excluding carboxylic acids is 2. The van der Waals surface area contributed by atoms with E-state index in [9.17, 15) is 14.0 Å². The molecule has 0 atom stereocenters. The lowest BCUT2D eigenvalue weighted by atomic mass is 10.2. The largest absolute Gasteiger partial charge is 0.272 e. The van der Waals surface area contributed by atoms with Gasteiger partial charge in [-0.15, -0.1) is 11.8 Å². The van der Waals surface area contributed by atoms with E-state index in [0.29, 0.717) is 15.5 Å². The van der Waals surface area contributed by atoms with E-state index in [2.05, 4.69) is 10.9 Å². The molecule has 2 rings (SSSR count). The first-order valence-electron chi connectivity index (χ1n) is 6.38. The number of hydrogen-bond donors (Lipinski definition) is 2. The summed E-state index contributed by atoms with van der Waals surface area (Å²) in [4.78, 5) is 24.1. The molecule has 0 bridgehead atoms. The Labute approximate surface area is 146 Å². The van der Waals surface area contributed by atoms with Crippen LogP contribution in [0.15, 0.2) is 47.4 Å². The van der Waals surface area contributed by atoms with Crippen molar-refractivity contribution < 1.29 is 14.0 Å². The molecule has 0 aliphatic carbocycles. The van der Waals surface area contributed by atoms with Gasteiger partial charge in [-0.25, -0.2) is 4.39 Å². The van der Waals surface area contributed by atoms with Crippen LogP contribution in [0, 0.1) is 5.82 Å². The normalized spacial score (nSPS) is 10.2. The minimum atomic E-state index is -0.518. The Kier molecular flexibility index (Phi) is 6.27. The van der Waals surface area contributed by atoms with Gasteiger partial charge in [0.1, 0.15) is 5.82 Å². The number of hydrazine groups is 1. The van der Waals surface area contributed by atoms with Crippen LogP contribution < -0.4 is 10.9 Å². The second kappa shape index (κ2) is 8.19. The minimum absolute atomic E-state index is 0.00792. The zero-order valence-electron chi connectivity index (χ0n) is 11.6. The molecular formula is C15H11Cl2FN2O2S. The summed E-state index contributed by atoms with van der Waals surface area (Å²) in [5.41, 5.74) is 4.95. The highest BCUT2D eigenvalue weighted by Gasteiger charge is 2.08. The van der Waals surface area contributed by atoms with E-state index in [0.717, 1.165) is 0 Å². The number of halogens is 3. The lowest BCUT2D eigenvalue weighted by Crippen LogP contribution is -2.42. The van der Waals surface area contributed by atoms with E-state index in [4.69, 9.17) is 23.2 Å². The average Bonchev–Trinajstić information content (AvgIpc) is 2.54. The zero-order chi connectivity index (χ0) is 16.8. The Balaban J connectivity index is 1.79. The number of rotatable bonds is 4. The van der Waals surface area contributed by atoms with Gasteiger partial charge in [-0.05, 0) is 42.5 Å². The Morgan fingerprint density at radius 3 is 2.39 bits per heavy atom. The first kappa shape index (κ1) is 17.6. The zero-order valence-corrected chi connectivity index (χ0v) is 13.9. The maximum atomic E-state index is 13.0. The molecular weight excluding hydrogens is 362 g/mol. The monoisotopic (exact) mass is 372 g/mol. The van der Waals surface area contributed by atoms with Crippen molar-refractivity contribution in [3.63, 3.8) is 0 Å². The van der Waals surface area contributed by atoms with E-state index in [-0.39, 0.29) is 10.8 Å². The van der Waals surface area contributed by atoms with Crippen LogP contribution in [0.4, 0.5) is 4.39 Å². The van der Waals surface area contributed by atoms with Crippen LogP contribution in [-0.4, -0.2) is 17.6 Å². The van der Waals surface area contributed by atoms with Crippen LogP contribution in [0.5, 0.6) is 0 Å². The molecule has 4 nitrogen and oxygen atoms in total. The van der Waals surface area contributed by atoms with E-state index in [1.165, 1.54) is 30.0 Å². The maximum absolute atomic E-state index is 13.0. The third-order valence-electron chi connectivity index (χ3n) is 2.68. The first-order chi connectivity index (χ1) is 11.0. The average molecular weight is 373 g/mol. The van der Waals surface area contributed by atoms with Crippen molar-refractivity contribution in [2.24, 2.45) is 0 Å². The molecule has 8 heteroatoms. The molecule has 23 heavy (non-hydrogen) atoms. The summed E-state index contributed by atoms with van der Waals surface area (Å²) < 4.78 is 13.0. The van der Waals surface area contributed by atoms with Gasteiger partial charge in [-0.3, -0.25) is 20.4 Å². The van der Waals surface area contributed by atoms with Crippen LogP contribution in [0.1, 0.15) is 10.4 Å². The number of hydrogen-bond acceptors (Lipinski definition) is 3. The van der Waals surface area contributed by atoms with E-state index < -0.39 is 17.6 Å². The Morgan fingerprint density at radius 1 is 1.04 bits per heavy atom. The third-order valence-corrected chi connectivity index (χ3v) is 4.22. The summed E-state index contributed by atoms with van der Waals surface area (Å²) in [6, 6.07) is 10.4. The number of carbonyl (C=O) groups is 2. The van der Waals surface area contributed by atoms with Gasteiger partial charge < -0.3 is 0 Å². The van der Waals surface area contributed by atoms with Crippen LogP contribution in [0.25, 0.3) is 0 Å². The molecule has 120 valence electrons. The van der Waals surface area contributed by atoms with Crippen molar-refractivity contribution in [3.8, 4) is 0 Å². The van der Waals surface area contributed by atoms with Crippen LogP contribution in [0.2, 0.25) is 10.0 Å². The first-order valence-corrected chi connectivity index (χ1v) is 8.12. The highest BCUT2D eigenvalue weighted by atomic mass is 35.5. The summed E-state index contributed by atoms with van der Waals surface area (Å²) in [6.45, 7) is 0. The molecule has 0 radical (unpaired) electrons. The van der Waals surface area contributed by atoms with Crippen molar-refractivity contribution in [2.75, 3.05) is 5.75 Å². The SMILES string of the molecule is O=C(CSc1ccc(F)c(Cl)c1)NNC(=O)c1ccc(Cl)cc1. The number of thioether (sulfide) groups is 1. The van der Waals surface area contributed by atoms with Crippen molar-refractivity contribution in [1.82, 2.24) is 10.9 Å². The van der Waals surface area contributed by atoms with Crippen molar-refractivity contribution in [2.45, 2.75) is 4.90 Å². The quantitative estimate of drug-likeness (QED) is 0.635. The van der Waals surface area contributed by atoms with E-state index in [1.54, 1.807) is 24.3 Å². The predicted octanol–water partition coefficient (Wildman–Crippen LogP) is 3.69. The van der Waals surface area contributed by atoms with Crippen LogP contribution in [0.3, 0.4) is 0 Å². The molecule has 2 N–H and O–H groups in total. The molecule has 0 saturated carbocycles. The summed E-state index contributed by atoms with van der Waals surface area (Å²) in [5, 5.41) is 0.506. The Bertz CT molecular complexity index is 726. The molecule has 0 aliphatic heterocycles. The second-order valence-corrected chi connectivity index (χ2v) is 6.27. The molecule has 0 saturated heterocycles. The lowest BCUT2D eigenvalue weighted by Gasteiger charge is -2.07. The molecule has 0 spiro atoms. The molecule has 2 aromatic rings. The third kappa shape index (κ3) is 5.42. The predicted molar refractivity (Wildman–Crippen MR) is 89.2 cm³/mol. The standard InChI is InChI=1S/C15H11Cl2FN2O2S/c16-10-3-1-9(2-4-10)15(22)20-19-14(21)8-23-11-5-6-13(18)12(17)7-11/h1-7H,8H2,(H,19,21)(H,20,22). The van der Waals surface area contributed by atoms with Gasteiger partial charge in [0, 0.05) is 15.5 Å².